The van der Waals surface area contributed by atoms with Gasteiger partial charge in [0.25, 0.3) is 0 Å². The van der Waals surface area contributed by atoms with Crippen molar-refractivity contribution in [3.05, 3.63) is 23.3 Å². The van der Waals surface area contributed by atoms with Crippen molar-refractivity contribution in [2.75, 3.05) is 28.4 Å². The van der Waals surface area contributed by atoms with E-state index in [2.05, 4.69) is 0 Å². The summed E-state index contributed by atoms with van der Waals surface area (Å²) in [5.74, 6) is -1.49. The molecule has 0 amide bonds. The molecular formula is C20H30O7. The molecule has 0 unspecified atom stereocenters. The van der Waals surface area contributed by atoms with E-state index in [1.54, 1.807) is 14.2 Å². The molecule has 2 aliphatic rings. The number of hydrogen-bond acceptors (Lipinski definition) is 7. The van der Waals surface area contributed by atoms with Crippen molar-refractivity contribution in [3.8, 4) is 0 Å². The molecule has 0 radical (unpaired) electrons. The summed E-state index contributed by atoms with van der Waals surface area (Å²) < 4.78 is 27.0. The van der Waals surface area contributed by atoms with Crippen LogP contribution >= 0.6 is 0 Å². The van der Waals surface area contributed by atoms with Crippen LogP contribution < -0.4 is 0 Å². The third-order valence-corrected chi connectivity index (χ3v) is 5.48. The molecule has 0 aromatic carbocycles. The van der Waals surface area contributed by atoms with Gasteiger partial charge in [0.15, 0.2) is 0 Å². The van der Waals surface area contributed by atoms with Gasteiger partial charge >= 0.3 is 11.9 Å². The summed E-state index contributed by atoms with van der Waals surface area (Å²) in [6.45, 7) is 3.92. The number of methoxy groups -OCH3 is 4. The molecule has 0 aliphatic heterocycles. The lowest BCUT2D eigenvalue weighted by Gasteiger charge is -2.37. The molecule has 0 N–H and O–H groups in total. The molecule has 152 valence electrons. The summed E-state index contributed by atoms with van der Waals surface area (Å²) in [6.07, 6.45) is 3.57. The fourth-order valence-corrected chi connectivity index (χ4v) is 3.82. The van der Waals surface area contributed by atoms with Crippen LogP contribution in [0.1, 0.15) is 26.7 Å². The maximum atomic E-state index is 12.1. The highest BCUT2D eigenvalue weighted by molar-refractivity contribution is 5.74. The Morgan fingerprint density at radius 3 is 1.44 bits per heavy atom. The molecule has 27 heavy (non-hydrogen) atoms. The summed E-state index contributed by atoms with van der Waals surface area (Å²) in [7, 11) is 5.89. The topological polar surface area (TPSA) is 80.3 Å². The number of carbonyl (C=O) groups is 2. The predicted molar refractivity (Wildman–Crippen MR) is 98.0 cm³/mol. The monoisotopic (exact) mass is 382 g/mol. The van der Waals surface area contributed by atoms with Crippen LogP contribution in [-0.4, -0.2) is 64.8 Å². The van der Waals surface area contributed by atoms with Gasteiger partial charge in [0.2, 0.25) is 0 Å². The Labute approximate surface area is 160 Å². The van der Waals surface area contributed by atoms with Gasteiger partial charge in [0.05, 0.1) is 50.5 Å². The van der Waals surface area contributed by atoms with E-state index in [0.717, 1.165) is 11.1 Å². The summed E-state index contributed by atoms with van der Waals surface area (Å²) in [5, 5.41) is 0. The van der Waals surface area contributed by atoms with Gasteiger partial charge < -0.3 is 23.7 Å². The molecule has 0 fully saturated rings. The second kappa shape index (κ2) is 9.48. The van der Waals surface area contributed by atoms with Crippen molar-refractivity contribution in [1.82, 2.24) is 0 Å². The van der Waals surface area contributed by atoms with Crippen LogP contribution in [0, 0.1) is 11.8 Å². The van der Waals surface area contributed by atoms with E-state index in [1.165, 1.54) is 14.2 Å². The Balaban J connectivity index is 2.19. The lowest BCUT2D eigenvalue weighted by molar-refractivity contribution is -0.153. The van der Waals surface area contributed by atoms with Crippen LogP contribution in [0.5, 0.6) is 0 Å². The van der Waals surface area contributed by atoms with Crippen LogP contribution in [0.15, 0.2) is 23.3 Å². The van der Waals surface area contributed by atoms with Gasteiger partial charge in [-0.05, 0) is 37.8 Å². The van der Waals surface area contributed by atoms with E-state index in [-0.39, 0.29) is 36.4 Å². The highest BCUT2D eigenvalue weighted by Gasteiger charge is 2.40. The molecule has 6 atom stereocenters. The first-order valence-electron chi connectivity index (χ1n) is 9.09. The van der Waals surface area contributed by atoms with Crippen molar-refractivity contribution in [1.29, 1.82) is 0 Å². The van der Waals surface area contributed by atoms with Crippen molar-refractivity contribution >= 4 is 11.9 Å². The molecule has 2 rings (SSSR count). The van der Waals surface area contributed by atoms with E-state index in [4.69, 9.17) is 23.7 Å². The minimum absolute atomic E-state index is 0.258. The van der Waals surface area contributed by atoms with Crippen LogP contribution in [0.4, 0.5) is 0 Å². The van der Waals surface area contributed by atoms with E-state index in [0.29, 0.717) is 12.8 Å². The summed E-state index contributed by atoms with van der Waals surface area (Å²) in [6, 6.07) is 0. The molecule has 0 aromatic heterocycles. The van der Waals surface area contributed by atoms with Gasteiger partial charge in [-0.3, -0.25) is 9.59 Å². The van der Waals surface area contributed by atoms with Crippen LogP contribution in [0.3, 0.4) is 0 Å². The standard InChI is InChI=1S/C20H30O7/c1-11-7-17(23-3)13(19(21)25-5)9-15(11)27-16-10-14(20(22)26-6)18(24-4)8-12(16)2/h7-8,13-18H,9-10H2,1-6H3/t13-,14-,15-,16-,17+,18+/m1/s1. The van der Waals surface area contributed by atoms with E-state index in [9.17, 15) is 9.59 Å². The molecule has 0 saturated heterocycles. The first-order chi connectivity index (χ1) is 12.9. The zero-order valence-corrected chi connectivity index (χ0v) is 16.9. The summed E-state index contributed by atoms with van der Waals surface area (Å²) in [4.78, 5) is 24.3. The van der Waals surface area contributed by atoms with Gasteiger partial charge in [-0.2, -0.15) is 0 Å². The predicted octanol–water partition coefficient (Wildman–Crippen LogP) is 2.05. The third kappa shape index (κ3) is 4.78. The van der Waals surface area contributed by atoms with Crippen LogP contribution in [0.25, 0.3) is 0 Å². The smallest absolute Gasteiger partial charge is 0.311 e. The lowest BCUT2D eigenvalue weighted by Crippen LogP contribution is -2.42. The molecule has 0 aromatic rings. The van der Waals surface area contributed by atoms with Crippen molar-refractivity contribution in [2.24, 2.45) is 11.8 Å². The first kappa shape index (κ1) is 21.6. The Kier molecular flexibility index (Phi) is 7.59. The van der Waals surface area contributed by atoms with Gasteiger partial charge in [-0.25, -0.2) is 0 Å². The zero-order valence-electron chi connectivity index (χ0n) is 16.9. The SMILES string of the molecule is COC(=O)[C@@H]1C[C@@H](O[C@@H]2C[C@@H](C(=O)OC)[C@@H](OC)C=C2C)C(C)=C[C@@H]1OC. The van der Waals surface area contributed by atoms with Gasteiger partial charge in [0.1, 0.15) is 0 Å². The fraction of sp³-hybridized carbons (Fsp3) is 0.700. The normalized spacial score (nSPS) is 33.7. The van der Waals surface area contributed by atoms with Crippen molar-refractivity contribution in [2.45, 2.75) is 51.1 Å². The molecule has 0 heterocycles. The molecule has 0 bridgehead atoms. The number of rotatable bonds is 6. The van der Waals surface area contributed by atoms with Crippen molar-refractivity contribution < 1.29 is 33.3 Å². The number of ether oxygens (including phenoxy) is 5. The Hall–Kier alpha value is -1.70. The lowest BCUT2D eigenvalue weighted by atomic mass is 9.83. The molecule has 7 heteroatoms. The number of carbonyl (C=O) groups excluding carboxylic acids is 2. The number of esters is 2. The third-order valence-electron chi connectivity index (χ3n) is 5.48. The first-order valence-corrected chi connectivity index (χ1v) is 9.09. The van der Waals surface area contributed by atoms with Crippen LogP contribution in [-0.2, 0) is 33.3 Å². The fourth-order valence-electron chi connectivity index (χ4n) is 3.82. The number of hydrogen-bond donors (Lipinski definition) is 0. The highest BCUT2D eigenvalue weighted by Crippen LogP contribution is 2.35. The molecule has 0 spiro atoms. The average molecular weight is 382 g/mol. The van der Waals surface area contributed by atoms with E-state index >= 15 is 0 Å². The second-order valence-corrected chi connectivity index (χ2v) is 7.07. The van der Waals surface area contributed by atoms with E-state index < -0.39 is 11.8 Å². The highest BCUT2D eigenvalue weighted by atomic mass is 16.5. The minimum atomic E-state index is -0.426. The minimum Gasteiger partial charge on any atom is -0.469 e. The quantitative estimate of drug-likeness (QED) is 0.514. The van der Waals surface area contributed by atoms with Gasteiger partial charge in [-0.1, -0.05) is 12.2 Å². The Morgan fingerprint density at radius 2 is 1.15 bits per heavy atom. The van der Waals surface area contributed by atoms with Gasteiger partial charge in [0, 0.05) is 14.2 Å². The Morgan fingerprint density at radius 1 is 0.778 bits per heavy atom. The molecular weight excluding hydrogens is 352 g/mol. The largest absolute Gasteiger partial charge is 0.469 e. The summed E-state index contributed by atoms with van der Waals surface area (Å²) in [5.41, 5.74) is 2.00. The summed E-state index contributed by atoms with van der Waals surface area (Å²) >= 11 is 0. The van der Waals surface area contributed by atoms with Crippen LogP contribution in [0.2, 0.25) is 0 Å². The maximum Gasteiger partial charge on any atom is 0.311 e. The second-order valence-electron chi connectivity index (χ2n) is 7.07. The molecule has 7 nitrogen and oxygen atoms in total. The molecule has 2 aliphatic carbocycles. The van der Waals surface area contributed by atoms with Crippen molar-refractivity contribution in [3.63, 3.8) is 0 Å². The molecule has 0 saturated carbocycles. The Bertz CT molecular complexity index is 557. The van der Waals surface area contributed by atoms with E-state index in [1.807, 2.05) is 26.0 Å². The zero-order chi connectivity index (χ0) is 20.1. The maximum absolute atomic E-state index is 12.1. The average Bonchev–Trinajstić information content (AvgIpc) is 2.68. The van der Waals surface area contributed by atoms with Gasteiger partial charge in [-0.15, -0.1) is 0 Å².